The van der Waals surface area contributed by atoms with Crippen LogP contribution in [-0.4, -0.2) is 51.7 Å². The number of hydrogen-bond donors (Lipinski definition) is 1. The summed E-state index contributed by atoms with van der Waals surface area (Å²) in [5.74, 6) is 0.710. The number of amides is 1. The molecule has 1 N–H and O–H groups in total. The van der Waals surface area contributed by atoms with Crippen LogP contribution in [0.3, 0.4) is 0 Å². The number of hydrogen-bond acceptors (Lipinski definition) is 5. The third-order valence-corrected chi connectivity index (χ3v) is 5.34. The third-order valence-electron chi connectivity index (χ3n) is 5.34. The fraction of sp³-hybridized carbons (Fsp3) is 0.571. The number of carbonyl (C=O) groups excluding carboxylic acids is 1. The van der Waals surface area contributed by atoms with Gasteiger partial charge in [-0.15, -0.1) is 0 Å². The molecule has 2 heterocycles. The zero-order valence-electron chi connectivity index (χ0n) is 16.5. The van der Waals surface area contributed by atoms with Crippen LogP contribution in [0, 0.1) is 0 Å². The second-order valence-electron chi connectivity index (χ2n) is 7.64. The van der Waals surface area contributed by atoms with E-state index >= 15 is 0 Å². The van der Waals surface area contributed by atoms with Crippen molar-refractivity contribution in [3.05, 3.63) is 29.6 Å². The molecule has 0 radical (unpaired) electrons. The summed E-state index contributed by atoms with van der Waals surface area (Å²) in [5.41, 5.74) is 2.72. The molecule has 0 saturated carbocycles. The minimum absolute atomic E-state index is 0.0280. The quantitative estimate of drug-likeness (QED) is 0.845. The number of methoxy groups -OCH3 is 1. The zero-order chi connectivity index (χ0) is 19.4. The molecule has 1 aliphatic heterocycles. The summed E-state index contributed by atoms with van der Waals surface area (Å²) in [6.45, 7) is 5.15. The van der Waals surface area contributed by atoms with Crippen molar-refractivity contribution in [2.24, 2.45) is 0 Å². The summed E-state index contributed by atoms with van der Waals surface area (Å²) < 4.78 is 5.46. The van der Waals surface area contributed by atoms with E-state index in [-0.39, 0.29) is 12.3 Å². The van der Waals surface area contributed by atoms with Crippen molar-refractivity contribution >= 4 is 16.9 Å². The van der Waals surface area contributed by atoms with Gasteiger partial charge in [-0.25, -0.2) is 4.98 Å². The molecule has 0 bridgehead atoms. The van der Waals surface area contributed by atoms with E-state index in [9.17, 15) is 9.90 Å². The van der Waals surface area contributed by atoms with Crippen LogP contribution in [0.4, 0.5) is 0 Å². The van der Waals surface area contributed by atoms with Gasteiger partial charge in [-0.2, -0.15) is 0 Å². The van der Waals surface area contributed by atoms with Gasteiger partial charge in [-0.3, -0.25) is 9.78 Å². The Morgan fingerprint density at radius 3 is 2.70 bits per heavy atom. The number of nitrogens with zero attached hydrogens (tertiary/aromatic N) is 3. The van der Waals surface area contributed by atoms with E-state index in [1.807, 2.05) is 13.0 Å². The van der Waals surface area contributed by atoms with Gasteiger partial charge in [-0.05, 0) is 44.2 Å². The number of aryl methyl sites for hydroxylation is 1. The SMILES string of the molecule is CCCCc1ccc(OC)c2nc(CC(=O)N3CCC(C)(O)CC3)cnc12. The molecular weight excluding hydrogens is 342 g/mol. The van der Waals surface area contributed by atoms with Crippen LogP contribution >= 0.6 is 0 Å². The summed E-state index contributed by atoms with van der Waals surface area (Å²) in [7, 11) is 1.62. The van der Waals surface area contributed by atoms with Gasteiger partial charge in [0, 0.05) is 19.3 Å². The first-order chi connectivity index (χ1) is 12.9. The Labute approximate surface area is 160 Å². The Balaban J connectivity index is 1.80. The lowest BCUT2D eigenvalue weighted by atomic mass is 9.93. The van der Waals surface area contributed by atoms with E-state index in [1.165, 1.54) is 0 Å². The van der Waals surface area contributed by atoms with Gasteiger partial charge >= 0.3 is 0 Å². The minimum Gasteiger partial charge on any atom is -0.494 e. The molecule has 1 aliphatic rings. The number of aliphatic hydroxyl groups is 1. The largest absolute Gasteiger partial charge is 0.494 e. The van der Waals surface area contributed by atoms with E-state index in [4.69, 9.17) is 9.72 Å². The number of carbonyl (C=O) groups is 1. The van der Waals surface area contributed by atoms with E-state index in [0.29, 0.717) is 37.4 Å². The molecule has 6 heteroatoms. The Morgan fingerprint density at radius 1 is 1.30 bits per heavy atom. The number of benzene rings is 1. The molecule has 0 spiro atoms. The fourth-order valence-corrected chi connectivity index (χ4v) is 3.49. The molecule has 2 aromatic rings. The first-order valence-corrected chi connectivity index (χ1v) is 9.75. The summed E-state index contributed by atoms with van der Waals surface area (Å²) in [6.07, 6.45) is 6.31. The molecule has 27 heavy (non-hydrogen) atoms. The molecule has 0 atom stereocenters. The second kappa shape index (κ2) is 8.21. The molecule has 1 saturated heterocycles. The average Bonchev–Trinajstić information content (AvgIpc) is 2.65. The van der Waals surface area contributed by atoms with Crippen molar-refractivity contribution < 1.29 is 14.6 Å². The average molecular weight is 371 g/mol. The maximum atomic E-state index is 12.6. The van der Waals surface area contributed by atoms with Gasteiger partial charge in [0.15, 0.2) is 0 Å². The number of aromatic nitrogens is 2. The van der Waals surface area contributed by atoms with Crippen molar-refractivity contribution in [1.82, 2.24) is 14.9 Å². The molecular formula is C21H29N3O3. The number of fused-ring (bicyclic) bond motifs is 1. The zero-order valence-corrected chi connectivity index (χ0v) is 16.5. The van der Waals surface area contributed by atoms with Crippen LogP contribution in [0.1, 0.15) is 50.8 Å². The normalized spacial score (nSPS) is 16.5. The molecule has 0 aliphatic carbocycles. The van der Waals surface area contributed by atoms with Gasteiger partial charge in [0.05, 0.1) is 30.3 Å². The highest BCUT2D eigenvalue weighted by Gasteiger charge is 2.29. The lowest BCUT2D eigenvalue weighted by Gasteiger charge is -2.35. The van der Waals surface area contributed by atoms with E-state index < -0.39 is 5.60 Å². The molecule has 1 aromatic heterocycles. The van der Waals surface area contributed by atoms with Gasteiger partial charge in [0.1, 0.15) is 11.3 Å². The lowest BCUT2D eigenvalue weighted by molar-refractivity contribution is -0.134. The molecule has 146 valence electrons. The Kier molecular flexibility index (Phi) is 5.95. The highest BCUT2D eigenvalue weighted by molar-refractivity contribution is 5.85. The first kappa shape index (κ1) is 19.5. The third kappa shape index (κ3) is 4.56. The number of piperidine rings is 1. The fourth-order valence-electron chi connectivity index (χ4n) is 3.49. The van der Waals surface area contributed by atoms with Gasteiger partial charge in [0.2, 0.25) is 5.91 Å². The molecule has 1 fully saturated rings. The van der Waals surface area contributed by atoms with Crippen molar-refractivity contribution in [2.75, 3.05) is 20.2 Å². The molecule has 1 aromatic carbocycles. The van der Waals surface area contributed by atoms with Crippen molar-refractivity contribution in [3.8, 4) is 5.75 Å². The topological polar surface area (TPSA) is 75.5 Å². The minimum atomic E-state index is -0.665. The standard InChI is InChI=1S/C21H29N3O3/c1-4-5-6-15-7-8-17(27-3)20-19(15)22-14-16(23-20)13-18(25)24-11-9-21(2,26)10-12-24/h7-8,14,26H,4-6,9-13H2,1-3H3. The Bertz CT molecular complexity index is 810. The number of ether oxygens (including phenoxy) is 1. The summed E-state index contributed by atoms with van der Waals surface area (Å²) in [5, 5.41) is 10.1. The van der Waals surface area contributed by atoms with Crippen LogP contribution in [0.15, 0.2) is 18.3 Å². The first-order valence-electron chi connectivity index (χ1n) is 9.75. The molecule has 0 unspecified atom stereocenters. The van der Waals surface area contributed by atoms with Crippen molar-refractivity contribution in [2.45, 2.75) is 58.0 Å². The summed E-state index contributed by atoms with van der Waals surface area (Å²) in [4.78, 5) is 23.7. The monoisotopic (exact) mass is 371 g/mol. The maximum absolute atomic E-state index is 12.6. The van der Waals surface area contributed by atoms with Crippen LogP contribution in [0.2, 0.25) is 0 Å². The predicted octanol–water partition coefficient (Wildman–Crippen LogP) is 2.90. The van der Waals surface area contributed by atoms with Gasteiger partial charge in [-0.1, -0.05) is 19.4 Å². The molecule has 1 amide bonds. The Morgan fingerprint density at radius 2 is 2.04 bits per heavy atom. The molecule has 3 rings (SSSR count). The van der Waals surface area contributed by atoms with Gasteiger partial charge in [0.25, 0.3) is 0 Å². The highest BCUT2D eigenvalue weighted by Crippen LogP contribution is 2.27. The van der Waals surface area contributed by atoms with Crippen molar-refractivity contribution in [3.63, 3.8) is 0 Å². The number of rotatable bonds is 6. The van der Waals surface area contributed by atoms with Crippen LogP contribution in [0.5, 0.6) is 5.75 Å². The molecule has 6 nitrogen and oxygen atoms in total. The lowest BCUT2D eigenvalue weighted by Crippen LogP contribution is -2.45. The predicted molar refractivity (Wildman–Crippen MR) is 105 cm³/mol. The van der Waals surface area contributed by atoms with Gasteiger partial charge < -0.3 is 14.7 Å². The maximum Gasteiger partial charge on any atom is 0.228 e. The summed E-state index contributed by atoms with van der Waals surface area (Å²) in [6, 6.07) is 3.98. The second-order valence-corrected chi connectivity index (χ2v) is 7.64. The van der Waals surface area contributed by atoms with Crippen LogP contribution in [-0.2, 0) is 17.6 Å². The van der Waals surface area contributed by atoms with Crippen LogP contribution < -0.4 is 4.74 Å². The Hall–Kier alpha value is -2.21. The van der Waals surface area contributed by atoms with E-state index in [1.54, 1.807) is 18.2 Å². The number of unbranched alkanes of at least 4 members (excludes halogenated alkanes) is 1. The smallest absolute Gasteiger partial charge is 0.228 e. The van der Waals surface area contributed by atoms with Crippen molar-refractivity contribution in [1.29, 1.82) is 0 Å². The van der Waals surface area contributed by atoms with E-state index in [2.05, 4.69) is 18.0 Å². The highest BCUT2D eigenvalue weighted by atomic mass is 16.5. The summed E-state index contributed by atoms with van der Waals surface area (Å²) >= 11 is 0. The van der Waals surface area contributed by atoms with E-state index in [0.717, 1.165) is 35.9 Å². The van der Waals surface area contributed by atoms with Crippen LogP contribution in [0.25, 0.3) is 11.0 Å². The number of likely N-dealkylation sites (tertiary alicyclic amines) is 1.